The van der Waals surface area contributed by atoms with Gasteiger partial charge in [0.1, 0.15) is 11.5 Å². The van der Waals surface area contributed by atoms with Crippen molar-refractivity contribution >= 4 is 12.0 Å². The number of hydrogen-bond acceptors (Lipinski definition) is 3. The number of alkyl halides is 6. The molecule has 1 aliphatic heterocycles. The predicted octanol–water partition coefficient (Wildman–Crippen LogP) is 4.78. The van der Waals surface area contributed by atoms with Crippen molar-refractivity contribution in [3.05, 3.63) is 64.7 Å². The van der Waals surface area contributed by atoms with E-state index < -0.39 is 41.7 Å². The maximum absolute atomic E-state index is 13.3. The molecule has 0 radical (unpaired) electrons. The van der Waals surface area contributed by atoms with E-state index in [1.807, 2.05) is 0 Å². The smallest absolute Gasteiger partial charge is 0.478 e. The van der Waals surface area contributed by atoms with Gasteiger partial charge in [0.25, 0.3) is 0 Å². The molecule has 1 unspecified atom stereocenters. The first kappa shape index (κ1) is 21.1. The average Bonchev–Trinajstić information content (AvgIpc) is 2.63. The Morgan fingerprint density at radius 3 is 2.27 bits per heavy atom. The zero-order valence-electron chi connectivity index (χ0n) is 14.6. The van der Waals surface area contributed by atoms with E-state index in [0.717, 1.165) is 12.1 Å². The minimum atomic E-state index is -5.08. The molecule has 1 aliphatic rings. The molecule has 2 aromatic rings. The first-order chi connectivity index (χ1) is 13.9. The summed E-state index contributed by atoms with van der Waals surface area (Å²) in [5.41, 5.74) is -1.41. The van der Waals surface area contributed by atoms with Crippen LogP contribution in [0.1, 0.15) is 16.7 Å². The van der Waals surface area contributed by atoms with E-state index in [9.17, 15) is 31.1 Å². The average molecular weight is 428 g/mol. The fourth-order valence-corrected chi connectivity index (χ4v) is 2.65. The van der Waals surface area contributed by atoms with Crippen LogP contribution in [-0.4, -0.2) is 29.7 Å². The van der Waals surface area contributed by atoms with Crippen molar-refractivity contribution in [1.82, 2.24) is 0 Å². The molecule has 30 heavy (non-hydrogen) atoms. The van der Waals surface area contributed by atoms with Gasteiger partial charge in [-0.1, -0.05) is 30.0 Å². The highest BCUT2D eigenvalue weighted by Gasteiger charge is 2.49. The van der Waals surface area contributed by atoms with E-state index in [2.05, 4.69) is 16.6 Å². The van der Waals surface area contributed by atoms with Crippen LogP contribution in [0.4, 0.5) is 26.3 Å². The van der Waals surface area contributed by atoms with E-state index in [1.165, 1.54) is 0 Å². The van der Waals surface area contributed by atoms with Crippen LogP contribution in [0.3, 0.4) is 0 Å². The quantitative estimate of drug-likeness (QED) is 0.553. The van der Waals surface area contributed by atoms with Crippen LogP contribution in [-0.2, 0) is 4.79 Å². The molecule has 4 nitrogen and oxygen atoms in total. The molecule has 0 aliphatic carbocycles. The largest absolute Gasteiger partial charge is 0.573 e. The van der Waals surface area contributed by atoms with Crippen LogP contribution in [0, 0.1) is 11.8 Å². The summed E-state index contributed by atoms with van der Waals surface area (Å²) in [7, 11) is 0. The second-order valence-electron chi connectivity index (χ2n) is 6.00. The lowest BCUT2D eigenvalue weighted by atomic mass is 9.98. The molecule has 0 amide bonds. The lowest BCUT2D eigenvalue weighted by molar-refractivity contribution is -0.274. The van der Waals surface area contributed by atoms with E-state index in [0.29, 0.717) is 11.6 Å². The van der Waals surface area contributed by atoms with Gasteiger partial charge in [-0.25, -0.2) is 4.79 Å². The number of carboxylic acids is 1. The molecule has 1 atom stereocenters. The second-order valence-corrected chi connectivity index (χ2v) is 6.00. The number of fused-ring (bicyclic) bond motifs is 1. The summed E-state index contributed by atoms with van der Waals surface area (Å²) in [5, 5.41) is 9.09. The maximum atomic E-state index is 13.3. The van der Waals surface area contributed by atoms with E-state index in [-0.39, 0.29) is 11.1 Å². The van der Waals surface area contributed by atoms with Crippen molar-refractivity contribution < 1.29 is 45.7 Å². The highest BCUT2D eigenvalue weighted by molar-refractivity contribution is 5.95. The van der Waals surface area contributed by atoms with Crippen molar-refractivity contribution in [2.75, 3.05) is 0 Å². The Morgan fingerprint density at radius 2 is 1.70 bits per heavy atom. The van der Waals surface area contributed by atoms with Crippen molar-refractivity contribution in [2.45, 2.75) is 18.6 Å². The number of hydrogen-bond donors (Lipinski definition) is 1. The molecule has 0 saturated carbocycles. The normalized spacial score (nSPS) is 15.8. The van der Waals surface area contributed by atoms with Crippen LogP contribution in [0.25, 0.3) is 6.08 Å². The second kappa shape index (κ2) is 7.67. The highest BCUT2D eigenvalue weighted by Crippen LogP contribution is 2.41. The Balaban J connectivity index is 2.18. The fraction of sp³-hybridized carbons (Fsp3) is 0.150. The summed E-state index contributed by atoms with van der Waals surface area (Å²) in [5.74, 6) is 1.86. The number of rotatable bonds is 2. The number of benzene rings is 2. The summed E-state index contributed by atoms with van der Waals surface area (Å²) in [4.78, 5) is 11.2. The van der Waals surface area contributed by atoms with Gasteiger partial charge in [-0.15, -0.1) is 13.2 Å². The molecule has 0 fully saturated rings. The summed E-state index contributed by atoms with van der Waals surface area (Å²) in [6.45, 7) is 0. The van der Waals surface area contributed by atoms with Crippen LogP contribution >= 0.6 is 0 Å². The Labute approximate surface area is 165 Å². The Bertz CT molecular complexity index is 1060. The molecule has 2 aromatic carbocycles. The zero-order valence-corrected chi connectivity index (χ0v) is 14.6. The van der Waals surface area contributed by atoms with Crippen LogP contribution in [0.15, 0.2) is 48.0 Å². The minimum Gasteiger partial charge on any atom is -0.478 e. The van der Waals surface area contributed by atoms with Crippen LogP contribution in [0.2, 0.25) is 0 Å². The van der Waals surface area contributed by atoms with Crippen molar-refractivity contribution in [2.24, 2.45) is 0 Å². The molecular formula is C20H10F6O4. The van der Waals surface area contributed by atoms with Gasteiger partial charge >= 0.3 is 18.5 Å². The third kappa shape index (κ3) is 4.86. The van der Waals surface area contributed by atoms with Gasteiger partial charge in [-0.3, -0.25) is 0 Å². The van der Waals surface area contributed by atoms with Gasteiger partial charge < -0.3 is 14.6 Å². The third-order valence-corrected chi connectivity index (χ3v) is 3.81. The molecule has 156 valence electrons. The Kier molecular flexibility index (Phi) is 5.39. The maximum Gasteiger partial charge on any atom is 0.573 e. The number of carbonyl (C=O) groups is 1. The van der Waals surface area contributed by atoms with Gasteiger partial charge in [0.05, 0.1) is 11.1 Å². The molecule has 0 bridgehead atoms. The first-order valence-corrected chi connectivity index (χ1v) is 8.13. The molecular weight excluding hydrogens is 418 g/mol. The first-order valence-electron chi connectivity index (χ1n) is 8.13. The summed E-state index contributed by atoms with van der Waals surface area (Å²) in [6, 6.07) is 9.64. The predicted molar refractivity (Wildman–Crippen MR) is 91.6 cm³/mol. The molecule has 0 aromatic heterocycles. The minimum absolute atomic E-state index is 0.328. The van der Waals surface area contributed by atoms with E-state index in [4.69, 9.17) is 9.84 Å². The zero-order chi connectivity index (χ0) is 22.1. The SMILES string of the molecule is O=C(O)C1=Cc2cc(OC(F)(F)F)cc(C#Cc3ccccc3)c2OC1C(F)(F)F. The van der Waals surface area contributed by atoms with Gasteiger partial charge in [-0.05, 0) is 30.3 Å². The summed E-state index contributed by atoms with van der Waals surface area (Å²) in [6.07, 6.45) is -12.4. The monoisotopic (exact) mass is 428 g/mol. The number of ether oxygens (including phenoxy) is 2. The van der Waals surface area contributed by atoms with E-state index >= 15 is 0 Å². The van der Waals surface area contributed by atoms with Crippen molar-refractivity contribution in [1.29, 1.82) is 0 Å². The molecule has 1 N–H and O–H groups in total. The standard InChI is InChI=1S/C20H10F6O4/c21-19(22,23)17-15(18(27)28)10-13-9-14(30-20(24,25)26)8-12(16(13)29-17)7-6-11-4-2-1-3-5-11/h1-5,8-10,17H,(H,27,28). The van der Waals surface area contributed by atoms with Crippen LogP contribution in [0.5, 0.6) is 11.5 Å². The lowest BCUT2D eigenvalue weighted by Crippen LogP contribution is -2.40. The topological polar surface area (TPSA) is 55.8 Å². The van der Waals surface area contributed by atoms with Crippen LogP contribution < -0.4 is 9.47 Å². The molecule has 0 saturated heterocycles. The number of aliphatic carboxylic acids is 1. The van der Waals surface area contributed by atoms with Crippen molar-refractivity contribution in [3.8, 4) is 23.3 Å². The van der Waals surface area contributed by atoms with Gasteiger partial charge in [-0.2, -0.15) is 13.2 Å². The molecule has 1 heterocycles. The van der Waals surface area contributed by atoms with Crippen molar-refractivity contribution in [3.63, 3.8) is 0 Å². The highest BCUT2D eigenvalue weighted by atomic mass is 19.4. The molecule has 3 rings (SSSR count). The Hall–Kier alpha value is -3.61. The Morgan fingerprint density at radius 1 is 1.03 bits per heavy atom. The fourth-order valence-electron chi connectivity index (χ4n) is 2.65. The number of halogens is 6. The van der Waals surface area contributed by atoms with E-state index in [1.54, 1.807) is 30.3 Å². The van der Waals surface area contributed by atoms with Gasteiger partial charge in [0.2, 0.25) is 6.10 Å². The molecule has 10 heteroatoms. The third-order valence-electron chi connectivity index (χ3n) is 3.81. The lowest BCUT2D eigenvalue weighted by Gasteiger charge is -2.28. The summed E-state index contributed by atoms with van der Waals surface area (Å²) < 4.78 is 86.5. The summed E-state index contributed by atoms with van der Waals surface area (Å²) >= 11 is 0. The van der Waals surface area contributed by atoms with Gasteiger partial charge in [0, 0.05) is 11.1 Å². The van der Waals surface area contributed by atoms with Gasteiger partial charge in [0.15, 0.2) is 0 Å². The number of carboxylic acid groups (broad SMARTS) is 1. The molecule has 0 spiro atoms.